The van der Waals surface area contributed by atoms with Crippen LogP contribution in [0.5, 0.6) is 0 Å². The highest BCUT2D eigenvalue weighted by Crippen LogP contribution is 2.60. The first-order valence-corrected chi connectivity index (χ1v) is 5.01. The first-order chi connectivity index (χ1) is 5.31. The highest BCUT2D eigenvalue weighted by atomic mass is 35.5. The minimum absolute atomic E-state index is 0. The Morgan fingerprint density at radius 3 is 2.92 bits per heavy atom. The molecule has 2 aliphatic carbocycles. The largest absolute Gasteiger partial charge is 0.316 e. The van der Waals surface area contributed by atoms with Crippen LogP contribution in [0.3, 0.4) is 0 Å². The van der Waals surface area contributed by atoms with E-state index in [1.54, 1.807) is 6.42 Å². The SMILES string of the molecule is C[C@]12CNC[C@H]1[C@H]1CC[C@@H]2C1.Cl. The van der Waals surface area contributed by atoms with E-state index in [1.807, 2.05) is 0 Å². The highest BCUT2D eigenvalue weighted by Gasteiger charge is 2.56. The average Bonchev–Trinajstić information content (AvgIpc) is 2.54. The number of hydrogen-bond donors (Lipinski definition) is 1. The van der Waals surface area contributed by atoms with Gasteiger partial charge in [-0.15, -0.1) is 12.4 Å². The molecular weight excluding hydrogens is 170 g/mol. The van der Waals surface area contributed by atoms with Gasteiger partial charge in [0.15, 0.2) is 0 Å². The van der Waals surface area contributed by atoms with E-state index in [0.29, 0.717) is 5.41 Å². The summed E-state index contributed by atoms with van der Waals surface area (Å²) in [6.45, 7) is 5.14. The minimum atomic E-state index is 0. The van der Waals surface area contributed by atoms with Crippen LogP contribution in [-0.2, 0) is 0 Å². The van der Waals surface area contributed by atoms with Crippen molar-refractivity contribution in [2.75, 3.05) is 13.1 Å². The van der Waals surface area contributed by atoms with Crippen molar-refractivity contribution in [3.05, 3.63) is 0 Å². The van der Waals surface area contributed by atoms with Crippen molar-refractivity contribution in [1.29, 1.82) is 0 Å². The molecule has 1 nitrogen and oxygen atoms in total. The lowest BCUT2D eigenvalue weighted by Crippen LogP contribution is -2.32. The average molecular weight is 188 g/mol. The van der Waals surface area contributed by atoms with Gasteiger partial charge in [-0.3, -0.25) is 0 Å². The lowest BCUT2D eigenvalue weighted by atomic mass is 9.70. The molecule has 1 saturated heterocycles. The third-order valence-corrected chi connectivity index (χ3v) is 4.69. The summed E-state index contributed by atoms with van der Waals surface area (Å²) in [7, 11) is 0. The number of halogens is 1. The quantitative estimate of drug-likeness (QED) is 0.613. The first kappa shape index (κ1) is 8.83. The van der Waals surface area contributed by atoms with Crippen LogP contribution in [0.25, 0.3) is 0 Å². The Morgan fingerprint density at radius 1 is 1.33 bits per heavy atom. The van der Waals surface area contributed by atoms with Gasteiger partial charge >= 0.3 is 0 Å². The summed E-state index contributed by atoms with van der Waals surface area (Å²) < 4.78 is 0. The molecule has 0 amide bonds. The maximum Gasteiger partial charge on any atom is 0.00112 e. The number of nitrogens with one attached hydrogen (secondary N) is 1. The molecule has 2 saturated carbocycles. The summed E-state index contributed by atoms with van der Waals surface area (Å²) in [6.07, 6.45) is 4.62. The standard InChI is InChI=1S/C10H17N.ClH/c1-10-6-11-5-9(10)7-2-3-8(10)4-7;/h7-9,11H,2-6H2,1H3;1H/t7-,8+,9-,10+;/m0./s1. The molecule has 3 fully saturated rings. The zero-order chi connectivity index (χ0) is 7.47. The van der Waals surface area contributed by atoms with Gasteiger partial charge in [-0.1, -0.05) is 6.92 Å². The molecule has 0 radical (unpaired) electrons. The van der Waals surface area contributed by atoms with Gasteiger partial charge in [0.2, 0.25) is 0 Å². The molecule has 0 aromatic rings. The van der Waals surface area contributed by atoms with E-state index in [2.05, 4.69) is 12.2 Å². The van der Waals surface area contributed by atoms with Crippen molar-refractivity contribution in [3.8, 4) is 0 Å². The van der Waals surface area contributed by atoms with Crippen molar-refractivity contribution in [2.45, 2.75) is 26.2 Å². The maximum absolute atomic E-state index is 3.57. The van der Waals surface area contributed by atoms with E-state index >= 15 is 0 Å². The molecule has 2 bridgehead atoms. The van der Waals surface area contributed by atoms with Crippen molar-refractivity contribution in [1.82, 2.24) is 5.32 Å². The zero-order valence-electron chi connectivity index (χ0n) is 7.68. The molecule has 3 rings (SSSR count). The third kappa shape index (κ3) is 0.843. The molecule has 1 heterocycles. The van der Waals surface area contributed by atoms with Gasteiger partial charge in [-0.2, -0.15) is 0 Å². The maximum atomic E-state index is 3.57. The zero-order valence-corrected chi connectivity index (χ0v) is 8.49. The lowest BCUT2D eigenvalue weighted by Gasteiger charge is -2.34. The van der Waals surface area contributed by atoms with E-state index in [0.717, 1.165) is 17.8 Å². The second-order valence-electron chi connectivity index (χ2n) is 5.01. The second-order valence-corrected chi connectivity index (χ2v) is 5.01. The van der Waals surface area contributed by atoms with Crippen LogP contribution < -0.4 is 5.32 Å². The van der Waals surface area contributed by atoms with Gasteiger partial charge in [0.05, 0.1) is 0 Å². The number of fused-ring (bicyclic) bond motifs is 5. The first-order valence-electron chi connectivity index (χ1n) is 5.01. The van der Waals surface area contributed by atoms with E-state index in [1.165, 1.54) is 25.9 Å². The van der Waals surface area contributed by atoms with Crippen molar-refractivity contribution >= 4 is 12.4 Å². The molecule has 1 aliphatic heterocycles. The van der Waals surface area contributed by atoms with Gasteiger partial charge in [0.25, 0.3) is 0 Å². The van der Waals surface area contributed by atoms with Gasteiger partial charge in [-0.05, 0) is 49.0 Å². The van der Waals surface area contributed by atoms with Gasteiger partial charge in [0.1, 0.15) is 0 Å². The van der Waals surface area contributed by atoms with E-state index in [-0.39, 0.29) is 12.4 Å². The smallest absolute Gasteiger partial charge is 0.00112 e. The van der Waals surface area contributed by atoms with Gasteiger partial charge in [0, 0.05) is 6.54 Å². The summed E-state index contributed by atoms with van der Waals surface area (Å²) in [6, 6.07) is 0. The molecule has 4 atom stereocenters. The van der Waals surface area contributed by atoms with Gasteiger partial charge < -0.3 is 5.32 Å². The molecule has 0 aromatic heterocycles. The molecule has 0 unspecified atom stereocenters. The Hall–Kier alpha value is 0.250. The highest BCUT2D eigenvalue weighted by molar-refractivity contribution is 5.85. The molecule has 0 aromatic carbocycles. The molecule has 0 spiro atoms. The second kappa shape index (κ2) is 2.62. The predicted molar refractivity (Wildman–Crippen MR) is 52.5 cm³/mol. The van der Waals surface area contributed by atoms with E-state index in [9.17, 15) is 0 Å². The van der Waals surface area contributed by atoms with Crippen molar-refractivity contribution < 1.29 is 0 Å². The molecule has 70 valence electrons. The van der Waals surface area contributed by atoms with E-state index < -0.39 is 0 Å². The Kier molecular flexibility index (Phi) is 1.93. The van der Waals surface area contributed by atoms with Gasteiger partial charge in [-0.25, -0.2) is 0 Å². The summed E-state index contributed by atoms with van der Waals surface area (Å²) in [4.78, 5) is 0. The van der Waals surface area contributed by atoms with Crippen molar-refractivity contribution in [2.24, 2.45) is 23.2 Å². The molecule has 1 N–H and O–H groups in total. The van der Waals surface area contributed by atoms with Crippen LogP contribution in [0.15, 0.2) is 0 Å². The Balaban J connectivity index is 0.000000563. The molecule has 12 heavy (non-hydrogen) atoms. The van der Waals surface area contributed by atoms with Crippen LogP contribution >= 0.6 is 12.4 Å². The van der Waals surface area contributed by atoms with E-state index in [4.69, 9.17) is 0 Å². The van der Waals surface area contributed by atoms with Crippen LogP contribution in [0.1, 0.15) is 26.2 Å². The predicted octanol–water partition coefficient (Wildman–Crippen LogP) is 2.06. The topological polar surface area (TPSA) is 12.0 Å². The number of hydrogen-bond acceptors (Lipinski definition) is 1. The van der Waals surface area contributed by atoms with Crippen LogP contribution in [0.2, 0.25) is 0 Å². The van der Waals surface area contributed by atoms with Crippen LogP contribution in [0, 0.1) is 23.2 Å². The Labute approximate surface area is 80.7 Å². The summed E-state index contributed by atoms with van der Waals surface area (Å²) in [5, 5.41) is 3.57. The molecule has 3 aliphatic rings. The number of rotatable bonds is 0. The van der Waals surface area contributed by atoms with Crippen molar-refractivity contribution in [3.63, 3.8) is 0 Å². The summed E-state index contributed by atoms with van der Waals surface area (Å²) in [5.74, 6) is 3.22. The van der Waals surface area contributed by atoms with Crippen LogP contribution in [0.4, 0.5) is 0 Å². The normalized spacial score (nSPS) is 55.2. The lowest BCUT2D eigenvalue weighted by molar-refractivity contribution is 0.156. The fourth-order valence-electron chi connectivity index (χ4n) is 3.99. The molecular formula is C10H18ClN. The monoisotopic (exact) mass is 187 g/mol. The molecule has 2 heteroatoms. The Morgan fingerprint density at radius 2 is 2.17 bits per heavy atom. The third-order valence-electron chi connectivity index (χ3n) is 4.69. The Bertz CT molecular complexity index is 194. The summed E-state index contributed by atoms with van der Waals surface area (Å²) in [5.41, 5.74) is 0.711. The fourth-order valence-corrected chi connectivity index (χ4v) is 3.99. The summed E-state index contributed by atoms with van der Waals surface area (Å²) >= 11 is 0. The fraction of sp³-hybridized carbons (Fsp3) is 1.00. The minimum Gasteiger partial charge on any atom is -0.316 e. The van der Waals surface area contributed by atoms with Crippen LogP contribution in [-0.4, -0.2) is 13.1 Å².